The zero-order valence-corrected chi connectivity index (χ0v) is 9.78. The molecule has 1 aliphatic heterocycles. The van der Waals surface area contributed by atoms with E-state index in [4.69, 9.17) is 9.47 Å². The Morgan fingerprint density at radius 1 is 1.31 bits per heavy atom. The van der Waals surface area contributed by atoms with Gasteiger partial charge in [-0.15, -0.1) is 12.6 Å². The lowest BCUT2D eigenvalue weighted by molar-refractivity contribution is -0.0161. The van der Waals surface area contributed by atoms with Crippen molar-refractivity contribution in [2.45, 2.75) is 23.8 Å². The third-order valence-corrected chi connectivity index (χ3v) is 2.96. The summed E-state index contributed by atoms with van der Waals surface area (Å²) in [4.78, 5) is 12.5. The van der Waals surface area contributed by atoms with Crippen LogP contribution in [0.15, 0.2) is 29.2 Å². The van der Waals surface area contributed by atoms with Gasteiger partial charge in [-0.2, -0.15) is 0 Å². The molecule has 0 aliphatic carbocycles. The SMILES string of the molecule is O=C(OC1CCOCC1)c1ccccc1S. The van der Waals surface area contributed by atoms with Gasteiger partial charge < -0.3 is 9.47 Å². The first-order valence-corrected chi connectivity index (χ1v) is 5.79. The summed E-state index contributed by atoms with van der Waals surface area (Å²) >= 11 is 4.23. The molecule has 1 saturated heterocycles. The smallest absolute Gasteiger partial charge is 0.339 e. The number of carbonyl (C=O) groups is 1. The van der Waals surface area contributed by atoms with E-state index in [0.717, 1.165) is 12.8 Å². The highest BCUT2D eigenvalue weighted by molar-refractivity contribution is 7.80. The molecule has 1 aromatic carbocycles. The Bertz CT molecular complexity index is 372. The van der Waals surface area contributed by atoms with Gasteiger partial charge in [-0.05, 0) is 12.1 Å². The van der Waals surface area contributed by atoms with Crippen molar-refractivity contribution in [3.05, 3.63) is 29.8 Å². The van der Waals surface area contributed by atoms with E-state index in [-0.39, 0.29) is 12.1 Å². The van der Waals surface area contributed by atoms with Crippen LogP contribution in [-0.4, -0.2) is 25.3 Å². The molecule has 1 fully saturated rings. The van der Waals surface area contributed by atoms with Gasteiger partial charge in [0.05, 0.1) is 18.8 Å². The normalized spacial score (nSPS) is 17.1. The number of esters is 1. The maximum absolute atomic E-state index is 11.8. The van der Waals surface area contributed by atoms with Crippen molar-refractivity contribution in [1.82, 2.24) is 0 Å². The maximum atomic E-state index is 11.8. The van der Waals surface area contributed by atoms with Gasteiger partial charge in [0.1, 0.15) is 6.10 Å². The number of hydrogen-bond acceptors (Lipinski definition) is 4. The summed E-state index contributed by atoms with van der Waals surface area (Å²) in [6.07, 6.45) is 1.54. The molecule has 4 heteroatoms. The van der Waals surface area contributed by atoms with Crippen LogP contribution in [0.3, 0.4) is 0 Å². The number of benzene rings is 1. The maximum Gasteiger partial charge on any atom is 0.339 e. The van der Waals surface area contributed by atoms with Crippen molar-refractivity contribution in [1.29, 1.82) is 0 Å². The van der Waals surface area contributed by atoms with E-state index in [1.54, 1.807) is 18.2 Å². The largest absolute Gasteiger partial charge is 0.459 e. The second kappa shape index (κ2) is 5.37. The van der Waals surface area contributed by atoms with Crippen LogP contribution in [-0.2, 0) is 9.47 Å². The molecule has 16 heavy (non-hydrogen) atoms. The first-order valence-electron chi connectivity index (χ1n) is 5.34. The van der Waals surface area contributed by atoms with E-state index in [0.29, 0.717) is 23.7 Å². The predicted molar refractivity (Wildman–Crippen MR) is 63.0 cm³/mol. The molecule has 0 bridgehead atoms. The monoisotopic (exact) mass is 238 g/mol. The minimum Gasteiger partial charge on any atom is -0.459 e. The van der Waals surface area contributed by atoms with E-state index in [1.807, 2.05) is 6.07 Å². The molecule has 3 nitrogen and oxygen atoms in total. The van der Waals surface area contributed by atoms with Gasteiger partial charge in [-0.25, -0.2) is 4.79 Å². The van der Waals surface area contributed by atoms with Crippen LogP contribution in [0.4, 0.5) is 0 Å². The van der Waals surface area contributed by atoms with Gasteiger partial charge in [0.25, 0.3) is 0 Å². The number of ether oxygens (including phenoxy) is 2. The lowest BCUT2D eigenvalue weighted by Gasteiger charge is -2.22. The third-order valence-electron chi connectivity index (χ3n) is 2.57. The summed E-state index contributed by atoms with van der Waals surface area (Å²) in [5.74, 6) is -0.294. The molecule has 0 amide bonds. The lowest BCUT2D eigenvalue weighted by Crippen LogP contribution is -2.26. The summed E-state index contributed by atoms with van der Waals surface area (Å²) in [6.45, 7) is 1.33. The van der Waals surface area contributed by atoms with Gasteiger partial charge >= 0.3 is 5.97 Å². The quantitative estimate of drug-likeness (QED) is 0.634. The van der Waals surface area contributed by atoms with Crippen LogP contribution in [0.2, 0.25) is 0 Å². The van der Waals surface area contributed by atoms with Gasteiger partial charge in [0.15, 0.2) is 0 Å². The summed E-state index contributed by atoms with van der Waals surface area (Å²) in [6, 6.07) is 7.15. The molecule has 0 atom stereocenters. The Labute approximate surface area is 100 Å². The standard InChI is InChI=1S/C12H14O3S/c13-12(10-3-1-2-4-11(10)16)15-9-5-7-14-8-6-9/h1-4,9,16H,5-8H2. The fourth-order valence-corrected chi connectivity index (χ4v) is 1.91. The van der Waals surface area contributed by atoms with E-state index in [1.165, 1.54) is 0 Å². The average Bonchev–Trinajstić information content (AvgIpc) is 2.31. The highest BCUT2D eigenvalue weighted by atomic mass is 32.1. The summed E-state index contributed by atoms with van der Waals surface area (Å²) in [5.41, 5.74) is 0.525. The minimum absolute atomic E-state index is 0.0193. The molecule has 1 aromatic rings. The molecule has 0 unspecified atom stereocenters. The van der Waals surface area contributed by atoms with Crippen LogP contribution < -0.4 is 0 Å². The number of thiol groups is 1. The van der Waals surface area contributed by atoms with E-state index in [9.17, 15) is 4.79 Å². The fraction of sp³-hybridized carbons (Fsp3) is 0.417. The zero-order chi connectivity index (χ0) is 11.4. The second-order valence-corrected chi connectivity index (χ2v) is 4.22. The number of hydrogen-bond donors (Lipinski definition) is 1. The molecule has 86 valence electrons. The van der Waals surface area contributed by atoms with Gasteiger partial charge in [-0.3, -0.25) is 0 Å². The fourth-order valence-electron chi connectivity index (χ4n) is 1.65. The molecular formula is C12H14O3S. The molecular weight excluding hydrogens is 224 g/mol. The van der Waals surface area contributed by atoms with Gasteiger partial charge in [-0.1, -0.05) is 12.1 Å². The Kier molecular flexibility index (Phi) is 3.85. The van der Waals surface area contributed by atoms with Crippen LogP contribution in [0.5, 0.6) is 0 Å². The molecule has 1 heterocycles. The van der Waals surface area contributed by atoms with E-state index >= 15 is 0 Å². The van der Waals surface area contributed by atoms with E-state index < -0.39 is 0 Å². The van der Waals surface area contributed by atoms with Gasteiger partial charge in [0.2, 0.25) is 0 Å². The summed E-state index contributed by atoms with van der Waals surface area (Å²) in [7, 11) is 0. The first-order chi connectivity index (χ1) is 7.77. The van der Waals surface area contributed by atoms with Crippen LogP contribution in [0, 0.1) is 0 Å². The zero-order valence-electron chi connectivity index (χ0n) is 8.89. The average molecular weight is 238 g/mol. The first kappa shape index (κ1) is 11.5. The van der Waals surface area contributed by atoms with Crippen molar-refractivity contribution in [2.75, 3.05) is 13.2 Å². The summed E-state index contributed by atoms with van der Waals surface area (Å²) < 4.78 is 10.6. The Hall–Kier alpha value is -1.00. The Balaban J connectivity index is 2.00. The molecule has 1 aliphatic rings. The number of carbonyl (C=O) groups excluding carboxylic acids is 1. The minimum atomic E-state index is -0.294. The summed E-state index contributed by atoms with van der Waals surface area (Å²) in [5, 5.41) is 0. The molecule has 0 N–H and O–H groups in total. The molecule has 0 saturated carbocycles. The molecule has 0 radical (unpaired) electrons. The van der Waals surface area contributed by atoms with Crippen LogP contribution in [0.1, 0.15) is 23.2 Å². The van der Waals surface area contributed by atoms with E-state index in [2.05, 4.69) is 12.6 Å². The highest BCUT2D eigenvalue weighted by Crippen LogP contribution is 2.17. The Morgan fingerprint density at radius 3 is 2.69 bits per heavy atom. The van der Waals surface area contributed by atoms with Crippen LogP contribution in [0.25, 0.3) is 0 Å². The molecule has 0 spiro atoms. The van der Waals surface area contributed by atoms with Gasteiger partial charge in [0, 0.05) is 17.7 Å². The van der Waals surface area contributed by atoms with Crippen molar-refractivity contribution < 1.29 is 14.3 Å². The van der Waals surface area contributed by atoms with Crippen LogP contribution >= 0.6 is 12.6 Å². The second-order valence-electron chi connectivity index (χ2n) is 3.73. The predicted octanol–water partition coefficient (Wildman–Crippen LogP) is 2.31. The molecule has 0 aromatic heterocycles. The topological polar surface area (TPSA) is 35.5 Å². The van der Waals surface area contributed by atoms with Crippen molar-refractivity contribution in [3.63, 3.8) is 0 Å². The Morgan fingerprint density at radius 2 is 2.00 bits per heavy atom. The highest BCUT2D eigenvalue weighted by Gasteiger charge is 2.19. The molecule has 2 rings (SSSR count). The van der Waals surface area contributed by atoms with Crippen molar-refractivity contribution in [2.24, 2.45) is 0 Å². The lowest BCUT2D eigenvalue weighted by atomic mass is 10.1. The van der Waals surface area contributed by atoms with Crippen molar-refractivity contribution in [3.8, 4) is 0 Å². The number of rotatable bonds is 2. The third kappa shape index (κ3) is 2.77. The van der Waals surface area contributed by atoms with Crippen molar-refractivity contribution >= 4 is 18.6 Å².